The van der Waals surface area contributed by atoms with Crippen LogP contribution >= 0.6 is 0 Å². The van der Waals surface area contributed by atoms with Crippen LogP contribution in [0.4, 0.5) is 5.69 Å². The SMILES string of the molecule is Nc1cccnc1OC1CCCCC1N. The van der Waals surface area contributed by atoms with Gasteiger partial charge in [0.2, 0.25) is 5.88 Å². The summed E-state index contributed by atoms with van der Waals surface area (Å²) in [6.45, 7) is 0. The summed E-state index contributed by atoms with van der Waals surface area (Å²) in [6, 6.07) is 3.69. The third-order valence-electron chi connectivity index (χ3n) is 2.82. The molecule has 4 heteroatoms. The molecule has 2 unspecified atom stereocenters. The quantitative estimate of drug-likeness (QED) is 0.766. The summed E-state index contributed by atoms with van der Waals surface area (Å²) in [7, 11) is 0. The molecule has 0 aromatic carbocycles. The van der Waals surface area contributed by atoms with Gasteiger partial charge in [0.15, 0.2) is 0 Å². The Morgan fingerprint density at radius 3 is 2.87 bits per heavy atom. The van der Waals surface area contributed by atoms with Crippen molar-refractivity contribution in [2.75, 3.05) is 5.73 Å². The van der Waals surface area contributed by atoms with Gasteiger partial charge >= 0.3 is 0 Å². The molecule has 1 fully saturated rings. The fourth-order valence-corrected chi connectivity index (χ4v) is 1.92. The van der Waals surface area contributed by atoms with E-state index in [9.17, 15) is 0 Å². The standard InChI is InChI=1S/C11H17N3O/c12-8-4-1-2-6-10(8)15-11-9(13)5-3-7-14-11/h3,5,7-8,10H,1-2,4,6,12-13H2. The Morgan fingerprint density at radius 1 is 1.33 bits per heavy atom. The molecular weight excluding hydrogens is 190 g/mol. The van der Waals surface area contributed by atoms with E-state index in [1.165, 1.54) is 12.8 Å². The first-order valence-corrected chi connectivity index (χ1v) is 5.40. The predicted octanol–water partition coefficient (Wildman–Crippen LogP) is 1.31. The van der Waals surface area contributed by atoms with Crippen molar-refractivity contribution in [1.82, 2.24) is 4.98 Å². The molecule has 15 heavy (non-hydrogen) atoms. The molecule has 0 amide bonds. The third kappa shape index (κ3) is 2.39. The molecule has 1 heterocycles. The second kappa shape index (κ2) is 4.49. The van der Waals surface area contributed by atoms with Crippen LogP contribution in [-0.2, 0) is 0 Å². The molecule has 1 aromatic rings. The molecule has 4 nitrogen and oxygen atoms in total. The zero-order valence-electron chi connectivity index (χ0n) is 8.73. The summed E-state index contributed by atoms with van der Waals surface area (Å²) in [5.41, 5.74) is 12.3. The van der Waals surface area contributed by atoms with Crippen LogP contribution in [0.15, 0.2) is 18.3 Å². The van der Waals surface area contributed by atoms with Gasteiger partial charge in [-0.15, -0.1) is 0 Å². The normalized spacial score (nSPS) is 26.2. The zero-order chi connectivity index (χ0) is 10.7. The van der Waals surface area contributed by atoms with Crippen molar-refractivity contribution in [1.29, 1.82) is 0 Å². The maximum absolute atomic E-state index is 5.98. The van der Waals surface area contributed by atoms with E-state index < -0.39 is 0 Å². The van der Waals surface area contributed by atoms with Crippen LogP contribution in [-0.4, -0.2) is 17.1 Å². The number of hydrogen-bond acceptors (Lipinski definition) is 4. The topological polar surface area (TPSA) is 74.2 Å². The van der Waals surface area contributed by atoms with E-state index in [-0.39, 0.29) is 12.1 Å². The van der Waals surface area contributed by atoms with Gasteiger partial charge in [-0.25, -0.2) is 4.98 Å². The fourth-order valence-electron chi connectivity index (χ4n) is 1.92. The van der Waals surface area contributed by atoms with Crippen LogP contribution in [0.1, 0.15) is 25.7 Å². The fraction of sp³-hybridized carbons (Fsp3) is 0.545. The first-order chi connectivity index (χ1) is 7.27. The van der Waals surface area contributed by atoms with Gasteiger partial charge in [-0.05, 0) is 31.4 Å². The van der Waals surface area contributed by atoms with Crippen LogP contribution < -0.4 is 16.2 Å². The number of ether oxygens (including phenoxy) is 1. The van der Waals surface area contributed by atoms with Crippen molar-refractivity contribution in [2.24, 2.45) is 5.73 Å². The maximum atomic E-state index is 5.98. The van der Waals surface area contributed by atoms with E-state index in [0.29, 0.717) is 11.6 Å². The summed E-state index contributed by atoms with van der Waals surface area (Å²) in [6.07, 6.45) is 6.13. The summed E-state index contributed by atoms with van der Waals surface area (Å²) in [5.74, 6) is 0.514. The summed E-state index contributed by atoms with van der Waals surface area (Å²) < 4.78 is 5.74. The minimum absolute atomic E-state index is 0.0657. The maximum Gasteiger partial charge on any atom is 0.237 e. The number of pyridine rings is 1. The number of nitrogens with two attached hydrogens (primary N) is 2. The number of aromatic nitrogens is 1. The lowest BCUT2D eigenvalue weighted by Crippen LogP contribution is -2.41. The minimum atomic E-state index is 0.0657. The second-order valence-corrected chi connectivity index (χ2v) is 4.00. The van der Waals surface area contributed by atoms with Gasteiger partial charge in [-0.2, -0.15) is 0 Å². The van der Waals surface area contributed by atoms with Crippen LogP contribution in [0.2, 0.25) is 0 Å². The highest BCUT2D eigenvalue weighted by atomic mass is 16.5. The van der Waals surface area contributed by atoms with Crippen molar-refractivity contribution < 1.29 is 4.74 Å². The van der Waals surface area contributed by atoms with Crippen LogP contribution in [0.3, 0.4) is 0 Å². The highest BCUT2D eigenvalue weighted by Gasteiger charge is 2.24. The van der Waals surface area contributed by atoms with Crippen molar-refractivity contribution >= 4 is 5.69 Å². The molecular formula is C11H17N3O. The van der Waals surface area contributed by atoms with Crippen molar-refractivity contribution in [3.63, 3.8) is 0 Å². The van der Waals surface area contributed by atoms with Crippen LogP contribution in [0, 0.1) is 0 Å². The van der Waals surface area contributed by atoms with Crippen LogP contribution in [0.5, 0.6) is 5.88 Å². The highest BCUT2D eigenvalue weighted by Crippen LogP contribution is 2.24. The summed E-state index contributed by atoms with van der Waals surface area (Å²) >= 11 is 0. The van der Waals surface area contributed by atoms with Gasteiger partial charge in [0.1, 0.15) is 6.10 Å². The van der Waals surface area contributed by atoms with Gasteiger partial charge in [-0.3, -0.25) is 0 Å². The Bertz CT molecular complexity index is 329. The summed E-state index contributed by atoms with van der Waals surface area (Å²) in [4.78, 5) is 4.10. The second-order valence-electron chi connectivity index (χ2n) is 4.00. The molecule has 1 aliphatic carbocycles. The number of nitrogen functional groups attached to an aromatic ring is 1. The third-order valence-corrected chi connectivity index (χ3v) is 2.82. The molecule has 0 bridgehead atoms. The van der Waals surface area contributed by atoms with E-state index >= 15 is 0 Å². The van der Waals surface area contributed by atoms with Gasteiger partial charge in [0, 0.05) is 12.2 Å². The average Bonchev–Trinajstić information content (AvgIpc) is 2.24. The lowest BCUT2D eigenvalue weighted by molar-refractivity contribution is 0.128. The molecule has 1 saturated carbocycles. The summed E-state index contributed by atoms with van der Waals surface area (Å²) in [5, 5.41) is 0. The van der Waals surface area contributed by atoms with Crippen molar-refractivity contribution in [3.8, 4) is 5.88 Å². The lowest BCUT2D eigenvalue weighted by atomic mass is 9.93. The van der Waals surface area contributed by atoms with Gasteiger partial charge in [0.25, 0.3) is 0 Å². The Labute approximate surface area is 89.6 Å². The molecule has 0 spiro atoms. The van der Waals surface area contributed by atoms with Crippen molar-refractivity contribution in [2.45, 2.75) is 37.8 Å². The predicted molar refractivity (Wildman–Crippen MR) is 59.5 cm³/mol. The highest BCUT2D eigenvalue weighted by molar-refractivity contribution is 5.46. The molecule has 1 aliphatic rings. The number of hydrogen-bond donors (Lipinski definition) is 2. The zero-order valence-corrected chi connectivity index (χ0v) is 8.73. The van der Waals surface area contributed by atoms with E-state index in [1.54, 1.807) is 18.3 Å². The molecule has 1 aromatic heterocycles. The number of anilines is 1. The van der Waals surface area contributed by atoms with Gasteiger partial charge < -0.3 is 16.2 Å². The van der Waals surface area contributed by atoms with E-state index in [0.717, 1.165) is 12.8 Å². The van der Waals surface area contributed by atoms with Gasteiger partial charge in [0.05, 0.1) is 5.69 Å². The minimum Gasteiger partial charge on any atom is -0.471 e. The lowest BCUT2D eigenvalue weighted by Gasteiger charge is -2.28. The van der Waals surface area contributed by atoms with E-state index in [4.69, 9.17) is 16.2 Å². The molecule has 0 saturated heterocycles. The van der Waals surface area contributed by atoms with E-state index in [2.05, 4.69) is 4.98 Å². The van der Waals surface area contributed by atoms with Gasteiger partial charge in [-0.1, -0.05) is 6.42 Å². The Hall–Kier alpha value is -1.29. The monoisotopic (exact) mass is 207 g/mol. The van der Waals surface area contributed by atoms with Crippen LogP contribution in [0.25, 0.3) is 0 Å². The average molecular weight is 207 g/mol. The molecule has 82 valence electrons. The largest absolute Gasteiger partial charge is 0.471 e. The molecule has 4 N–H and O–H groups in total. The first-order valence-electron chi connectivity index (χ1n) is 5.40. The van der Waals surface area contributed by atoms with E-state index in [1.807, 2.05) is 0 Å². The molecule has 0 radical (unpaired) electrons. The molecule has 0 aliphatic heterocycles. The number of rotatable bonds is 2. The molecule has 2 atom stereocenters. The number of nitrogens with zero attached hydrogens (tertiary/aromatic N) is 1. The smallest absolute Gasteiger partial charge is 0.237 e. The Morgan fingerprint density at radius 2 is 2.13 bits per heavy atom. The Balaban J connectivity index is 2.04. The first kappa shape index (κ1) is 10.2. The van der Waals surface area contributed by atoms with Crippen molar-refractivity contribution in [3.05, 3.63) is 18.3 Å². The Kier molecular flexibility index (Phi) is 3.06. The molecule has 2 rings (SSSR count).